The van der Waals surface area contributed by atoms with E-state index < -0.39 is 5.97 Å². The van der Waals surface area contributed by atoms with Gasteiger partial charge >= 0.3 is 5.97 Å². The third-order valence-corrected chi connectivity index (χ3v) is 2.81. The van der Waals surface area contributed by atoms with Gasteiger partial charge in [-0.25, -0.2) is 0 Å². The molecule has 0 bridgehead atoms. The molecule has 0 aromatic carbocycles. The van der Waals surface area contributed by atoms with Crippen molar-refractivity contribution in [3.8, 4) is 0 Å². The monoisotopic (exact) mass is 227 g/mol. The zero-order chi connectivity index (χ0) is 12.6. The van der Waals surface area contributed by atoms with Crippen LogP contribution in [0.15, 0.2) is 4.99 Å². The molecule has 0 aromatic heterocycles. The quantitative estimate of drug-likeness (QED) is 0.646. The van der Waals surface area contributed by atoms with E-state index >= 15 is 0 Å². The highest BCUT2D eigenvalue weighted by Gasteiger charge is 2.19. The maximum Gasteiger partial charge on any atom is 0.312 e. The zero-order valence-electron chi connectivity index (χ0n) is 11.0. The third kappa shape index (κ3) is 5.89. The Morgan fingerprint density at radius 3 is 2.25 bits per heavy atom. The molecule has 0 radical (unpaired) electrons. The average Bonchev–Trinajstić information content (AvgIpc) is 2.22. The first-order valence-electron chi connectivity index (χ1n) is 6.26. The molecular formula is C13H25NO2. The van der Waals surface area contributed by atoms with Gasteiger partial charge < -0.3 is 5.11 Å². The molecule has 0 spiro atoms. The SMILES string of the molecule is CCCC(C)CN=C(C)C(CCC)C(=O)O. The lowest BCUT2D eigenvalue weighted by molar-refractivity contribution is -0.139. The van der Waals surface area contributed by atoms with Crippen LogP contribution in [0.5, 0.6) is 0 Å². The molecule has 0 amide bonds. The number of carboxylic acids is 1. The van der Waals surface area contributed by atoms with Crippen LogP contribution in [0.25, 0.3) is 0 Å². The first kappa shape index (κ1) is 15.1. The number of hydrogen-bond acceptors (Lipinski definition) is 2. The summed E-state index contributed by atoms with van der Waals surface area (Å²) in [7, 11) is 0. The first-order valence-corrected chi connectivity index (χ1v) is 6.26. The predicted octanol–water partition coefficient (Wildman–Crippen LogP) is 3.38. The lowest BCUT2D eigenvalue weighted by Gasteiger charge is -2.12. The summed E-state index contributed by atoms with van der Waals surface area (Å²) < 4.78 is 0. The van der Waals surface area contributed by atoms with Gasteiger partial charge in [-0.2, -0.15) is 0 Å². The maximum atomic E-state index is 11.0. The summed E-state index contributed by atoms with van der Waals surface area (Å²) in [4.78, 5) is 15.4. The number of carboxylic acid groups (broad SMARTS) is 1. The Kier molecular flexibility index (Phi) is 7.86. The largest absolute Gasteiger partial charge is 0.481 e. The van der Waals surface area contributed by atoms with E-state index in [0.717, 1.165) is 31.5 Å². The summed E-state index contributed by atoms with van der Waals surface area (Å²) >= 11 is 0. The van der Waals surface area contributed by atoms with Gasteiger partial charge in [-0.15, -0.1) is 0 Å². The van der Waals surface area contributed by atoms with Gasteiger partial charge in [0.1, 0.15) is 0 Å². The van der Waals surface area contributed by atoms with Crippen LogP contribution in [0.3, 0.4) is 0 Å². The van der Waals surface area contributed by atoms with Crippen LogP contribution in [0, 0.1) is 11.8 Å². The lowest BCUT2D eigenvalue weighted by atomic mass is 9.98. The van der Waals surface area contributed by atoms with Gasteiger partial charge in [0.05, 0.1) is 5.92 Å². The van der Waals surface area contributed by atoms with E-state index in [4.69, 9.17) is 5.11 Å². The van der Waals surface area contributed by atoms with E-state index in [1.807, 2.05) is 13.8 Å². The van der Waals surface area contributed by atoms with Crippen molar-refractivity contribution in [2.24, 2.45) is 16.8 Å². The standard InChI is InChI=1S/C13H25NO2/c1-5-7-10(3)9-14-11(4)12(8-6-2)13(15)16/h10,12H,5-9H2,1-4H3,(H,15,16). The van der Waals surface area contributed by atoms with Crippen molar-refractivity contribution < 1.29 is 9.90 Å². The van der Waals surface area contributed by atoms with Crippen LogP contribution in [-0.4, -0.2) is 23.3 Å². The van der Waals surface area contributed by atoms with E-state index in [9.17, 15) is 4.79 Å². The van der Waals surface area contributed by atoms with Gasteiger partial charge in [0.25, 0.3) is 0 Å². The fourth-order valence-electron chi connectivity index (χ4n) is 1.79. The number of rotatable bonds is 8. The second-order valence-corrected chi connectivity index (χ2v) is 4.56. The Morgan fingerprint density at radius 2 is 1.81 bits per heavy atom. The van der Waals surface area contributed by atoms with Gasteiger partial charge in [-0.1, -0.05) is 33.6 Å². The summed E-state index contributed by atoms with van der Waals surface area (Å²) in [5, 5.41) is 9.06. The molecule has 0 aromatic rings. The minimum Gasteiger partial charge on any atom is -0.481 e. The highest BCUT2D eigenvalue weighted by atomic mass is 16.4. The van der Waals surface area contributed by atoms with Crippen molar-refractivity contribution in [2.45, 2.75) is 53.4 Å². The molecule has 0 heterocycles. The number of aliphatic imine (C=N–C) groups is 1. The van der Waals surface area contributed by atoms with Gasteiger partial charge in [0, 0.05) is 12.3 Å². The van der Waals surface area contributed by atoms with Crippen LogP contribution in [-0.2, 0) is 4.79 Å². The molecule has 0 fully saturated rings. The van der Waals surface area contributed by atoms with Crippen molar-refractivity contribution >= 4 is 11.7 Å². The molecule has 0 aliphatic rings. The van der Waals surface area contributed by atoms with E-state index in [2.05, 4.69) is 18.8 Å². The van der Waals surface area contributed by atoms with E-state index in [-0.39, 0.29) is 5.92 Å². The first-order chi connectivity index (χ1) is 7.52. The maximum absolute atomic E-state index is 11.0. The zero-order valence-corrected chi connectivity index (χ0v) is 11.0. The Labute approximate surface area is 99.0 Å². The fourth-order valence-corrected chi connectivity index (χ4v) is 1.79. The van der Waals surface area contributed by atoms with Crippen LogP contribution in [0.1, 0.15) is 53.4 Å². The van der Waals surface area contributed by atoms with Crippen molar-refractivity contribution in [1.82, 2.24) is 0 Å². The molecule has 3 heteroatoms. The van der Waals surface area contributed by atoms with Crippen LogP contribution in [0.4, 0.5) is 0 Å². The molecule has 0 rings (SSSR count). The minimum absolute atomic E-state index is 0.390. The van der Waals surface area contributed by atoms with Crippen molar-refractivity contribution in [2.75, 3.05) is 6.54 Å². The van der Waals surface area contributed by atoms with E-state index in [0.29, 0.717) is 12.3 Å². The Morgan fingerprint density at radius 1 is 1.25 bits per heavy atom. The fraction of sp³-hybridized carbons (Fsp3) is 0.846. The highest BCUT2D eigenvalue weighted by Crippen LogP contribution is 2.11. The number of aliphatic carboxylic acids is 1. The smallest absolute Gasteiger partial charge is 0.312 e. The lowest BCUT2D eigenvalue weighted by Crippen LogP contribution is -2.22. The van der Waals surface area contributed by atoms with Gasteiger partial charge in [-0.3, -0.25) is 9.79 Å². The van der Waals surface area contributed by atoms with Crippen molar-refractivity contribution in [3.05, 3.63) is 0 Å². The summed E-state index contributed by atoms with van der Waals surface area (Å²) in [6, 6.07) is 0. The molecule has 2 unspecified atom stereocenters. The molecular weight excluding hydrogens is 202 g/mol. The molecule has 0 saturated carbocycles. The average molecular weight is 227 g/mol. The van der Waals surface area contributed by atoms with Gasteiger partial charge in [0.15, 0.2) is 0 Å². The summed E-state index contributed by atoms with van der Waals surface area (Å²) in [5.41, 5.74) is 0.775. The number of carbonyl (C=O) groups is 1. The second-order valence-electron chi connectivity index (χ2n) is 4.56. The second kappa shape index (κ2) is 8.31. The molecule has 0 saturated heterocycles. The Balaban J connectivity index is 4.31. The molecule has 16 heavy (non-hydrogen) atoms. The van der Waals surface area contributed by atoms with Crippen LogP contribution >= 0.6 is 0 Å². The van der Waals surface area contributed by atoms with E-state index in [1.54, 1.807) is 0 Å². The topological polar surface area (TPSA) is 49.7 Å². The third-order valence-electron chi connectivity index (χ3n) is 2.81. The van der Waals surface area contributed by atoms with Crippen molar-refractivity contribution in [3.63, 3.8) is 0 Å². The Bertz CT molecular complexity index is 236. The Hall–Kier alpha value is -0.860. The van der Waals surface area contributed by atoms with Gasteiger partial charge in [-0.05, 0) is 25.7 Å². The summed E-state index contributed by atoms with van der Waals surface area (Å²) in [5.74, 6) is -0.582. The molecule has 0 aliphatic carbocycles. The molecule has 0 aliphatic heterocycles. The van der Waals surface area contributed by atoms with E-state index in [1.165, 1.54) is 0 Å². The molecule has 94 valence electrons. The summed E-state index contributed by atoms with van der Waals surface area (Å²) in [6.07, 6.45) is 3.89. The normalized spacial score (nSPS) is 15.9. The number of nitrogens with zero attached hydrogens (tertiary/aromatic N) is 1. The van der Waals surface area contributed by atoms with Crippen LogP contribution < -0.4 is 0 Å². The highest BCUT2D eigenvalue weighted by molar-refractivity contribution is 6.00. The molecule has 1 N–H and O–H groups in total. The van der Waals surface area contributed by atoms with Crippen LogP contribution in [0.2, 0.25) is 0 Å². The minimum atomic E-state index is -0.744. The van der Waals surface area contributed by atoms with Crippen molar-refractivity contribution in [1.29, 1.82) is 0 Å². The van der Waals surface area contributed by atoms with Gasteiger partial charge in [0.2, 0.25) is 0 Å². The summed E-state index contributed by atoms with van der Waals surface area (Å²) in [6.45, 7) is 8.92. The molecule has 2 atom stereocenters. The molecule has 3 nitrogen and oxygen atoms in total. The predicted molar refractivity (Wildman–Crippen MR) is 68.1 cm³/mol. The number of hydrogen-bond donors (Lipinski definition) is 1.